The summed E-state index contributed by atoms with van der Waals surface area (Å²) in [4.78, 5) is 18.5. The minimum Gasteiger partial charge on any atom is -0.467 e. The molecule has 2 fully saturated rings. The van der Waals surface area contributed by atoms with Crippen LogP contribution in [-0.4, -0.2) is 30.7 Å². The van der Waals surface area contributed by atoms with E-state index in [9.17, 15) is 4.79 Å². The molecule has 19 heavy (non-hydrogen) atoms. The predicted molar refractivity (Wildman–Crippen MR) is 70.1 cm³/mol. The zero-order valence-corrected chi connectivity index (χ0v) is 11.3. The Labute approximate surface area is 113 Å². The lowest BCUT2D eigenvalue weighted by atomic mass is 9.79. The van der Waals surface area contributed by atoms with Gasteiger partial charge in [-0.05, 0) is 18.4 Å². The van der Waals surface area contributed by atoms with Crippen LogP contribution in [0.4, 0.5) is 0 Å². The summed E-state index contributed by atoms with van der Waals surface area (Å²) in [7, 11) is 1.42. The summed E-state index contributed by atoms with van der Waals surface area (Å²) in [5, 5.41) is 1.97. The van der Waals surface area contributed by atoms with E-state index in [1.54, 1.807) is 0 Å². The van der Waals surface area contributed by atoms with Gasteiger partial charge < -0.3 is 4.74 Å². The Hall–Kier alpha value is -1.39. The molecule has 2 saturated heterocycles. The molecule has 2 aliphatic heterocycles. The molecule has 0 aliphatic carbocycles. The Kier molecular flexibility index (Phi) is 3.07. The van der Waals surface area contributed by atoms with Gasteiger partial charge >= 0.3 is 5.97 Å². The number of rotatable bonds is 2. The molecule has 0 saturated carbocycles. The number of carbonyl (C=O) groups excluding carboxylic acids is 1. The fourth-order valence-corrected chi connectivity index (χ4v) is 3.41. The number of hydrogen-bond donors (Lipinski definition) is 0. The van der Waals surface area contributed by atoms with Crippen LogP contribution in [0.2, 0.25) is 0 Å². The predicted octanol–water partition coefficient (Wildman–Crippen LogP) is 2.10. The zero-order chi connectivity index (χ0) is 13.5. The third-order valence-electron chi connectivity index (χ3n) is 4.42. The molecule has 0 radical (unpaired) electrons. The highest BCUT2D eigenvalue weighted by Crippen LogP contribution is 2.48. The SMILES string of the molecule is COC(=O)[C@]1(c2ccccc2)ON2CCCC2C1C. The second kappa shape index (κ2) is 4.62. The first-order chi connectivity index (χ1) is 9.20. The second-order valence-corrected chi connectivity index (χ2v) is 5.32. The van der Waals surface area contributed by atoms with E-state index in [0.717, 1.165) is 24.9 Å². The number of fused-ring (bicyclic) bond motifs is 1. The highest BCUT2D eigenvalue weighted by atomic mass is 16.7. The van der Waals surface area contributed by atoms with E-state index in [4.69, 9.17) is 9.57 Å². The fraction of sp³-hybridized carbons (Fsp3) is 0.533. The van der Waals surface area contributed by atoms with Crippen LogP contribution in [0, 0.1) is 5.92 Å². The number of methoxy groups -OCH3 is 1. The Bertz CT molecular complexity index is 476. The van der Waals surface area contributed by atoms with Crippen LogP contribution in [0.25, 0.3) is 0 Å². The van der Waals surface area contributed by atoms with Gasteiger partial charge in [0.05, 0.1) is 7.11 Å². The third kappa shape index (κ3) is 1.70. The van der Waals surface area contributed by atoms with Crippen LogP contribution in [0.3, 0.4) is 0 Å². The first-order valence-corrected chi connectivity index (χ1v) is 6.80. The van der Waals surface area contributed by atoms with Crippen molar-refractivity contribution in [3.05, 3.63) is 35.9 Å². The molecule has 4 heteroatoms. The van der Waals surface area contributed by atoms with E-state index >= 15 is 0 Å². The normalized spacial score (nSPS) is 34.2. The van der Waals surface area contributed by atoms with E-state index in [0.29, 0.717) is 6.04 Å². The molecule has 0 amide bonds. The Morgan fingerprint density at radius 2 is 2.16 bits per heavy atom. The maximum atomic E-state index is 12.4. The van der Waals surface area contributed by atoms with E-state index in [-0.39, 0.29) is 11.9 Å². The molecule has 3 rings (SSSR count). The van der Waals surface area contributed by atoms with Gasteiger partial charge in [-0.15, -0.1) is 0 Å². The molecule has 2 unspecified atom stereocenters. The maximum absolute atomic E-state index is 12.4. The lowest BCUT2D eigenvalue weighted by Crippen LogP contribution is -2.43. The molecule has 0 bridgehead atoms. The minimum atomic E-state index is -0.985. The van der Waals surface area contributed by atoms with Gasteiger partial charge in [-0.3, -0.25) is 4.84 Å². The number of ether oxygens (including phenoxy) is 1. The monoisotopic (exact) mass is 261 g/mol. The number of hydroxylamine groups is 2. The van der Waals surface area contributed by atoms with Crippen molar-refractivity contribution < 1.29 is 14.4 Å². The molecule has 1 aromatic carbocycles. The summed E-state index contributed by atoms with van der Waals surface area (Å²) in [5.74, 6) is -0.217. The van der Waals surface area contributed by atoms with E-state index in [1.165, 1.54) is 7.11 Å². The topological polar surface area (TPSA) is 38.8 Å². The fourth-order valence-electron chi connectivity index (χ4n) is 3.41. The molecular formula is C15H19NO3. The molecule has 4 nitrogen and oxygen atoms in total. The minimum absolute atomic E-state index is 0.0878. The Morgan fingerprint density at radius 1 is 1.42 bits per heavy atom. The Morgan fingerprint density at radius 3 is 2.79 bits per heavy atom. The lowest BCUT2D eigenvalue weighted by molar-refractivity contribution is -0.219. The summed E-state index contributed by atoms with van der Waals surface area (Å²) in [6, 6.07) is 9.98. The number of hydrogen-bond acceptors (Lipinski definition) is 4. The average molecular weight is 261 g/mol. The van der Waals surface area contributed by atoms with E-state index < -0.39 is 5.60 Å². The van der Waals surface area contributed by atoms with Gasteiger partial charge in [-0.2, -0.15) is 5.06 Å². The van der Waals surface area contributed by atoms with Crippen LogP contribution in [0.15, 0.2) is 30.3 Å². The van der Waals surface area contributed by atoms with Crippen molar-refractivity contribution in [3.63, 3.8) is 0 Å². The molecule has 2 aliphatic rings. The molecule has 3 atom stereocenters. The third-order valence-corrected chi connectivity index (χ3v) is 4.42. The van der Waals surface area contributed by atoms with Crippen molar-refractivity contribution in [2.75, 3.05) is 13.7 Å². The van der Waals surface area contributed by atoms with E-state index in [1.807, 2.05) is 35.4 Å². The standard InChI is InChI=1S/C15H19NO3/c1-11-13-9-6-10-16(13)19-15(11,14(17)18-2)12-7-4-3-5-8-12/h3-5,7-8,11,13H,6,9-10H2,1-2H3/t11?,13?,15-/m0/s1. The smallest absolute Gasteiger partial charge is 0.345 e. The van der Waals surface area contributed by atoms with Crippen molar-refractivity contribution in [2.45, 2.75) is 31.4 Å². The largest absolute Gasteiger partial charge is 0.467 e. The second-order valence-electron chi connectivity index (χ2n) is 5.32. The van der Waals surface area contributed by atoms with Gasteiger partial charge in [-0.1, -0.05) is 37.3 Å². The highest BCUT2D eigenvalue weighted by Gasteiger charge is 2.59. The van der Waals surface area contributed by atoms with Gasteiger partial charge in [0.15, 0.2) is 0 Å². The van der Waals surface area contributed by atoms with Crippen molar-refractivity contribution in [1.29, 1.82) is 0 Å². The quantitative estimate of drug-likeness (QED) is 0.764. The van der Waals surface area contributed by atoms with Crippen LogP contribution >= 0.6 is 0 Å². The first-order valence-electron chi connectivity index (χ1n) is 6.80. The summed E-state index contributed by atoms with van der Waals surface area (Å²) in [6.45, 7) is 2.97. The molecule has 0 N–H and O–H groups in total. The van der Waals surface area contributed by atoms with Crippen molar-refractivity contribution in [1.82, 2.24) is 5.06 Å². The number of carbonyl (C=O) groups is 1. The van der Waals surface area contributed by atoms with Crippen molar-refractivity contribution in [2.24, 2.45) is 5.92 Å². The highest BCUT2D eigenvalue weighted by molar-refractivity contribution is 5.82. The van der Waals surface area contributed by atoms with Crippen molar-refractivity contribution >= 4 is 5.97 Å². The lowest BCUT2D eigenvalue weighted by Gasteiger charge is -2.30. The number of nitrogens with zero attached hydrogens (tertiary/aromatic N) is 1. The van der Waals surface area contributed by atoms with Gasteiger partial charge in [-0.25, -0.2) is 4.79 Å². The van der Waals surface area contributed by atoms with Gasteiger partial charge in [0.2, 0.25) is 5.60 Å². The van der Waals surface area contributed by atoms with Gasteiger partial charge in [0.1, 0.15) is 0 Å². The molecule has 2 heterocycles. The molecular weight excluding hydrogens is 242 g/mol. The summed E-state index contributed by atoms with van der Waals surface area (Å²) in [5.41, 5.74) is -0.107. The summed E-state index contributed by atoms with van der Waals surface area (Å²) in [6.07, 6.45) is 2.20. The van der Waals surface area contributed by atoms with Gasteiger partial charge in [0, 0.05) is 18.5 Å². The molecule has 102 valence electrons. The number of esters is 1. The van der Waals surface area contributed by atoms with Crippen molar-refractivity contribution in [3.8, 4) is 0 Å². The van der Waals surface area contributed by atoms with Crippen LogP contribution in [-0.2, 0) is 20.0 Å². The van der Waals surface area contributed by atoms with Crippen LogP contribution < -0.4 is 0 Å². The molecule has 0 aromatic heterocycles. The average Bonchev–Trinajstić information content (AvgIpc) is 3.01. The van der Waals surface area contributed by atoms with Gasteiger partial charge in [0.25, 0.3) is 0 Å². The summed E-state index contributed by atoms with van der Waals surface area (Å²) < 4.78 is 5.04. The zero-order valence-electron chi connectivity index (χ0n) is 11.3. The summed E-state index contributed by atoms with van der Waals surface area (Å²) >= 11 is 0. The molecule has 1 aromatic rings. The first kappa shape index (κ1) is 12.6. The Balaban J connectivity index is 2.07. The van der Waals surface area contributed by atoms with Crippen LogP contribution in [0.1, 0.15) is 25.3 Å². The number of benzene rings is 1. The molecule has 0 spiro atoms. The maximum Gasteiger partial charge on any atom is 0.345 e. The van der Waals surface area contributed by atoms with E-state index in [2.05, 4.69) is 6.92 Å². The van der Waals surface area contributed by atoms with Crippen LogP contribution in [0.5, 0.6) is 0 Å².